The second-order valence-corrected chi connectivity index (χ2v) is 4.80. The number of hydrogen-bond acceptors (Lipinski definition) is 3. The molecule has 0 saturated heterocycles. The third-order valence-electron chi connectivity index (χ3n) is 3.47. The van der Waals surface area contributed by atoms with Crippen molar-refractivity contribution in [2.45, 2.75) is 32.3 Å². The van der Waals surface area contributed by atoms with Crippen molar-refractivity contribution >= 4 is 5.91 Å². The second kappa shape index (κ2) is 5.19. The molecule has 2 atom stereocenters. The first kappa shape index (κ1) is 14.2. The zero-order chi connectivity index (χ0) is 13.9. The molecule has 1 rings (SSSR count). The van der Waals surface area contributed by atoms with Crippen LogP contribution >= 0.6 is 0 Å². The Morgan fingerprint density at radius 3 is 2.17 bits per heavy atom. The third-order valence-corrected chi connectivity index (χ3v) is 3.47. The molecule has 1 aromatic carbocycles. The highest BCUT2D eigenvalue weighted by atomic mass is 16.3. The average Bonchev–Trinajstić information content (AvgIpc) is 2.36. The average molecular weight is 246 g/mol. The predicted molar refractivity (Wildman–Crippen MR) is 68.6 cm³/mol. The number of nitrogens with two attached hydrogens (primary N) is 1. The maximum Gasteiger partial charge on any atom is 0.250 e. The first-order valence-corrected chi connectivity index (χ1v) is 5.86. The monoisotopic (exact) mass is 246 g/mol. The fraction of sp³-hybridized carbons (Fsp3) is 0.429. The van der Waals surface area contributed by atoms with Crippen molar-refractivity contribution in [1.82, 2.24) is 0 Å². The van der Waals surface area contributed by atoms with E-state index in [-0.39, 0.29) is 5.92 Å². The van der Waals surface area contributed by atoms with Gasteiger partial charge in [-0.05, 0) is 23.6 Å². The van der Waals surface area contributed by atoms with E-state index >= 15 is 0 Å². The molecule has 1 aromatic rings. The van der Waals surface area contributed by atoms with E-state index in [1.54, 1.807) is 45.0 Å². The number of rotatable bonds is 4. The quantitative estimate of drug-likeness (QED) is 0.844. The molecule has 0 heterocycles. The van der Waals surface area contributed by atoms with E-state index in [1.807, 2.05) is 6.07 Å². The Labute approximate surface area is 107 Å². The summed E-state index contributed by atoms with van der Waals surface area (Å²) in [6.07, 6.45) is 0. The molecule has 18 heavy (non-hydrogen) atoms. The molecular formula is C14H18N2O2. The predicted octanol–water partition coefficient (Wildman–Crippen LogP) is 1.53. The Morgan fingerprint density at radius 2 is 1.83 bits per heavy atom. The molecule has 1 amide bonds. The molecule has 0 spiro atoms. The van der Waals surface area contributed by atoms with Crippen molar-refractivity contribution in [1.29, 1.82) is 5.26 Å². The van der Waals surface area contributed by atoms with Crippen LogP contribution in [0.5, 0.6) is 0 Å². The molecule has 0 aliphatic carbocycles. The Morgan fingerprint density at radius 1 is 1.33 bits per heavy atom. The molecule has 4 nitrogen and oxygen atoms in total. The molecule has 96 valence electrons. The van der Waals surface area contributed by atoms with Gasteiger partial charge in [0.2, 0.25) is 5.91 Å². The Hall–Kier alpha value is -1.86. The van der Waals surface area contributed by atoms with Gasteiger partial charge in [-0.1, -0.05) is 32.9 Å². The summed E-state index contributed by atoms with van der Waals surface area (Å²) < 4.78 is 0. The summed E-state index contributed by atoms with van der Waals surface area (Å²) in [6.45, 7) is 5.27. The highest BCUT2D eigenvalue weighted by molar-refractivity contribution is 5.84. The molecule has 0 bridgehead atoms. The fourth-order valence-electron chi connectivity index (χ4n) is 2.10. The zero-order valence-corrected chi connectivity index (χ0v) is 10.8. The fourth-order valence-corrected chi connectivity index (χ4v) is 2.10. The second-order valence-electron chi connectivity index (χ2n) is 4.80. The molecule has 0 aliphatic heterocycles. The van der Waals surface area contributed by atoms with Crippen molar-refractivity contribution in [2.75, 3.05) is 0 Å². The van der Waals surface area contributed by atoms with Crippen LogP contribution in [0.2, 0.25) is 0 Å². The molecule has 0 radical (unpaired) electrons. The lowest BCUT2D eigenvalue weighted by atomic mass is 9.75. The highest BCUT2D eigenvalue weighted by Crippen LogP contribution is 2.34. The van der Waals surface area contributed by atoms with Crippen LogP contribution in [0.4, 0.5) is 0 Å². The topological polar surface area (TPSA) is 87.1 Å². The summed E-state index contributed by atoms with van der Waals surface area (Å²) in [6, 6.07) is 8.82. The zero-order valence-electron chi connectivity index (χ0n) is 10.8. The Balaban J connectivity index is 3.14. The van der Waals surface area contributed by atoms with Gasteiger partial charge in [0.05, 0.1) is 11.6 Å². The van der Waals surface area contributed by atoms with Crippen LogP contribution in [-0.4, -0.2) is 16.6 Å². The normalized spacial score (nSPS) is 15.8. The van der Waals surface area contributed by atoms with Gasteiger partial charge < -0.3 is 10.8 Å². The van der Waals surface area contributed by atoms with Crippen molar-refractivity contribution in [3.05, 3.63) is 35.4 Å². The smallest absolute Gasteiger partial charge is 0.250 e. The summed E-state index contributed by atoms with van der Waals surface area (Å²) in [4.78, 5) is 11.5. The molecule has 0 aliphatic rings. The number of amides is 1. The van der Waals surface area contributed by atoms with Crippen LogP contribution in [0, 0.1) is 17.2 Å². The third kappa shape index (κ3) is 2.36. The van der Waals surface area contributed by atoms with Gasteiger partial charge in [0.15, 0.2) is 5.60 Å². The van der Waals surface area contributed by atoms with Gasteiger partial charge in [-0.2, -0.15) is 5.26 Å². The van der Waals surface area contributed by atoms with Gasteiger partial charge in [-0.3, -0.25) is 4.79 Å². The van der Waals surface area contributed by atoms with Crippen molar-refractivity contribution in [3.8, 4) is 6.07 Å². The maximum absolute atomic E-state index is 11.5. The van der Waals surface area contributed by atoms with E-state index in [9.17, 15) is 9.90 Å². The van der Waals surface area contributed by atoms with Gasteiger partial charge in [0.1, 0.15) is 0 Å². The van der Waals surface area contributed by atoms with Crippen LogP contribution in [0.1, 0.15) is 37.8 Å². The minimum Gasteiger partial charge on any atom is -0.379 e. The molecule has 0 fully saturated rings. The van der Waals surface area contributed by atoms with Gasteiger partial charge in [0.25, 0.3) is 0 Å². The van der Waals surface area contributed by atoms with Gasteiger partial charge in [-0.15, -0.1) is 0 Å². The number of benzene rings is 1. The summed E-state index contributed by atoms with van der Waals surface area (Å²) in [7, 11) is 0. The lowest BCUT2D eigenvalue weighted by Crippen LogP contribution is -2.52. The minimum atomic E-state index is -1.59. The van der Waals surface area contributed by atoms with E-state index in [4.69, 9.17) is 11.0 Å². The molecule has 3 N–H and O–H groups in total. The first-order valence-electron chi connectivity index (χ1n) is 5.86. The van der Waals surface area contributed by atoms with Crippen LogP contribution in [-0.2, 0) is 4.79 Å². The molecule has 1 unspecified atom stereocenters. The van der Waals surface area contributed by atoms with Crippen LogP contribution < -0.4 is 5.73 Å². The Bertz CT molecular complexity index is 474. The first-order chi connectivity index (χ1) is 8.33. The maximum atomic E-state index is 11.5. The number of carbonyl (C=O) groups is 1. The van der Waals surface area contributed by atoms with E-state index in [0.29, 0.717) is 5.56 Å². The van der Waals surface area contributed by atoms with E-state index in [2.05, 4.69) is 0 Å². The SMILES string of the molecule is CC(C)C(O)(C(N)=O)[C@@H](C)c1ccc(C#N)cc1. The molecule has 0 aromatic heterocycles. The standard InChI is InChI=1S/C14H18N2O2/c1-9(2)14(18,13(16)17)10(3)12-6-4-11(8-15)5-7-12/h4-7,9-10,18H,1-3H3,(H2,16,17)/t10-,14?/m0/s1. The summed E-state index contributed by atoms with van der Waals surface area (Å²) >= 11 is 0. The lowest BCUT2D eigenvalue weighted by Gasteiger charge is -2.35. The van der Waals surface area contributed by atoms with Crippen molar-refractivity contribution < 1.29 is 9.90 Å². The number of nitrogens with zero attached hydrogens (tertiary/aromatic N) is 1. The minimum absolute atomic E-state index is 0.291. The van der Waals surface area contributed by atoms with Crippen molar-refractivity contribution in [3.63, 3.8) is 0 Å². The van der Waals surface area contributed by atoms with E-state index in [0.717, 1.165) is 5.56 Å². The van der Waals surface area contributed by atoms with Gasteiger partial charge in [0, 0.05) is 5.92 Å². The molecular weight excluding hydrogens is 228 g/mol. The summed E-state index contributed by atoms with van der Waals surface area (Å²) in [5.41, 5.74) is 5.06. The van der Waals surface area contributed by atoms with Crippen LogP contribution in [0.15, 0.2) is 24.3 Å². The summed E-state index contributed by atoms with van der Waals surface area (Å²) in [5.74, 6) is -1.45. The summed E-state index contributed by atoms with van der Waals surface area (Å²) in [5, 5.41) is 19.2. The number of aliphatic hydroxyl groups is 1. The van der Waals surface area contributed by atoms with Crippen LogP contribution in [0.25, 0.3) is 0 Å². The van der Waals surface area contributed by atoms with E-state index < -0.39 is 17.4 Å². The lowest BCUT2D eigenvalue weighted by molar-refractivity contribution is -0.143. The van der Waals surface area contributed by atoms with Crippen molar-refractivity contribution in [2.24, 2.45) is 11.7 Å². The van der Waals surface area contributed by atoms with Crippen LogP contribution in [0.3, 0.4) is 0 Å². The largest absolute Gasteiger partial charge is 0.379 e. The van der Waals surface area contributed by atoms with Gasteiger partial charge >= 0.3 is 0 Å². The molecule has 4 heteroatoms. The Kier molecular flexibility index (Phi) is 4.10. The number of primary amides is 1. The highest BCUT2D eigenvalue weighted by Gasteiger charge is 2.43. The number of hydrogen-bond donors (Lipinski definition) is 2. The number of nitriles is 1. The van der Waals surface area contributed by atoms with E-state index in [1.165, 1.54) is 0 Å². The molecule has 0 saturated carbocycles. The van der Waals surface area contributed by atoms with Gasteiger partial charge in [-0.25, -0.2) is 0 Å². The number of carbonyl (C=O) groups excluding carboxylic acids is 1.